The zero-order valence-corrected chi connectivity index (χ0v) is 18.4. The van der Waals surface area contributed by atoms with E-state index >= 15 is 0 Å². The smallest absolute Gasteiger partial charge is 0.305 e. The normalized spacial score (nSPS) is 11.2. The Morgan fingerprint density at radius 1 is 0.656 bits per heavy atom. The minimum Gasteiger partial charge on any atom is -0.466 e. The van der Waals surface area contributed by atoms with Gasteiger partial charge in [0.25, 0.3) is 0 Å². The molecule has 0 spiro atoms. The summed E-state index contributed by atoms with van der Waals surface area (Å²) in [7, 11) is 0. The molecule has 0 heterocycles. The number of ether oxygens (including phenoxy) is 1. The first kappa shape index (κ1) is 21.6. The van der Waals surface area contributed by atoms with Crippen LogP contribution in [0.2, 0.25) is 0 Å². The minimum absolute atomic E-state index is 0.164. The maximum atomic E-state index is 12.4. The van der Waals surface area contributed by atoms with Crippen LogP contribution in [0.3, 0.4) is 0 Å². The highest BCUT2D eigenvalue weighted by Gasteiger charge is 2.37. The van der Waals surface area contributed by atoms with Crippen LogP contribution < -0.4 is 0 Å². The lowest BCUT2D eigenvalue weighted by Gasteiger charge is -2.36. The topological polar surface area (TPSA) is 26.3 Å². The lowest BCUT2D eigenvalue weighted by atomic mass is 9.66. The van der Waals surface area contributed by atoms with Crippen LogP contribution in [0, 0.1) is 0 Å². The molecule has 0 aromatic heterocycles. The first-order valence-electron chi connectivity index (χ1n) is 11.2. The van der Waals surface area contributed by atoms with Crippen molar-refractivity contribution in [3.8, 4) is 11.1 Å². The van der Waals surface area contributed by atoms with Crippen molar-refractivity contribution in [2.24, 2.45) is 0 Å². The number of hydrogen-bond acceptors (Lipinski definition) is 2. The summed E-state index contributed by atoms with van der Waals surface area (Å²) in [5, 5.41) is 0. The molecule has 2 heteroatoms. The second-order valence-electron chi connectivity index (χ2n) is 7.89. The van der Waals surface area contributed by atoms with Crippen LogP contribution in [-0.4, -0.2) is 12.6 Å². The summed E-state index contributed by atoms with van der Waals surface area (Å²) in [6.07, 6.45) is 0.964. The van der Waals surface area contributed by atoms with Gasteiger partial charge in [-0.1, -0.05) is 109 Å². The molecule has 0 aliphatic carbocycles. The third-order valence-corrected chi connectivity index (χ3v) is 6.01. The van der Waals surface area contributed by atoms with E-state index in [4.69, 9.17) is 4.74 Å². The molecule has 2 nitrogen and oxygen atoms in total. The van der Waals surface area contributed by atoms with Crippen molar-refractivity contribution in [2.75, 3.05) is 6.61 Å². The van der Waals surface area contributed by atoms with E-state index in [2.05, 4.69) is 97.1 Å². The van der Waals surface area contributed by atoms with E-state index in [-0.39, 0.29) is 5.97 Å². The van der Waals surface area contributed by atoms with Crippen molar-refractivity contribution in [1.29, 1.82) is 0 Å². The number of benzene rings is 4. The first-order valence-corrected chi connectivity index (χ1v) is 11.2. The third kappa shape index (κ3) is 4.50. The molecule has 0 N–H and O–H groups in total. The van der Waals surface area contributed by atoms with E-state index in [1.165, 1.54) is 22.3 Å². The van der Waals surface area contributed by atoms with Gasteiger partial charge in [-0.25, -0.2) is 0 Å². The highest BCUT2D eigenvalue weighted by Crippen LogP contribution is 2.44. The summed E-state index contributed by atoms with van der Waals surface area (Å²) in [5.74, 6) is -0.164. The number of hydrogen-bond donors (Lipinski definition) is 0. The number of rotatable bonds is 8. The molecule has 32 heavy (non-hydrogen) atoms. The molecular weight excluding hydrogens is 392 g/mol. The molecule has 160 valence electrons. The van der Waals surface area contributed by atoms with Crippen molar-refractivity contribution in [1.82, 2.24) is 0 Å². The summed E-state index contributed by atoms with van der Waals surface area (Å²) in [6, 6.07) is 40.1. The predicted octanol–water partition coefficient (Wildman–Crippen LogP) is 7.03. The molecule has 4 aromatic carbocycles. The van der Waals surface area contributed by atoms with Gasteiger partial charge in [-0.3, -0.25) is 4.79 Å². The van der Waals surface area contributed by atoms with Crippen LogP contribution in [0.4, 0.5) is 0 Å². The highest BCUT2D eigenvalue weighted by atomic mass is 16.5. The molecule has 4 rings (SSSR count). The van der Waals surface area contributed by atoms with Crippen molar-refractivity contribution in [2.45, 2.75) is 25.2 Å². The minimum atomic E-state index is -0.472. The van der Waals surface area contributed by atoms with Crippen LogP contribution in [0.1, 0.15) is 36.5 Å². The molecule has 4 aromatic rings. The molecule has 0 unspecified atom stereocenters. The average Bonchev–Trinajstić information content (AvgIpc) is 2.87. The quantitative estimate of drug-likeness (QED) is 0.226. The Morgan fingerprint density at radius 2 is 1.16 bits per heavy atom. The van der Waals surface area contributed by atoms with Gasteiger partial charge in [0, 0.05) is 11.8 Å². The second kappa shape index (κ2) is 10.1. The van der Waals surface area contributed by atoms with Crippen molar-refractivity contribution in [3.63, 3.8) is 0 Å². The maximum absolute atomic E-state index is 12.4. The Hall–Kier alpha value is -3.65. The zero-order valence-electron chi connectivity index (χ0n) is 18.4. The molecule has 0 aliphatic rings. The van der Waals surface area contributed by atoms with E-state index in [9.17, 15) is 4.79 Å². The Morgan fingerprint density at radius 3 is 1.72 bits per heavy atom. The summed E-state index contributed by atoms with van der Waals surface area (Å²) in [6.45, 7) is 2.24. The Balaban J connectivity index is 1.91. The molecule has 0 saturated heterocycles. The zero-order chi connectivity index (χ0) is 22.2. The molecule has 0 radical (unpaired) electrons. The van der Waals surface area contributed by atoms with Crippen molar-refractivity contribution < 1.29 is 9.53 Å². The van der Waals surface area contributed by atoms with Gasteiger partial charge in [-0.15, -0.1) is 0 Å². The number of carbonyl (C=O) groups excluding carboxylic acids is 1. The fourth-order valence-corrected chi connectivity index (χ4v) is 4.50. The Labute approximate surface area is 190 Å². The molecule has 0 atom stereocenters. The maximum Gasteiger partial charge on any atom is 0.305 e. The summed E-state index contributed by atoms with van der Waals surface area (Å²) >= 11 is 0. The molecule has 0 aliphatic heterocycles. The van der Waals surface area contributed by atoms with E-state index in [1.54, 1.807) is 0 Å². The number of carbonyl (C=O) groups is 1. The second-order valence-corrected chi connectivity index (χ2v) is 7.89. The molecule has 0 fully saturated rings. The van der Waals surface area contributed by atoms with Gasteiger partial charge in [0.1, 0.15) is 0 Å². The highest BCUT2D eigenvalue weighted by molar-refractivity contribution is 5.71. The van der Waals surface area contributed by atoms with Gasteiger partial charge >= 0.3 is 5.97 Å². The SMILES string of the molecule is CCOC(=O)CCC(c1ccccc1)(c1ccccc1)c1cccc(-c2ccccc2)c1. The summed E-state index contributed by atoms with van der Waals surface area (Å²) in [5.41, 5.74) is 5.37. The van der Waals surface area contributed by atoms with Crippen molar-refractivity contribution in [3.05, 3.63) is 132 Å². The third-order valence-electron chi connectivity index (χ3n) is 6.01. The van der Waals surface area contributed by atoms with Gasteiger partial charge in [0.05, 0.1) is 6.61 Å². The van der Waals surface area contributed by atoms with Crippen LogP contribution in [0.25, 0.3) is 11.1 Å². The monoisotopic (exact) mass is 420 g/mol. The lowest BCUT2D eigenvalue weighted by molar-refractivity contribution is -0.143. The number of esters is 1. The fourth-order valence-electron chi connectivity index (χ4n) is 4.50. The predicted molar refractivity (Wildman–Crippen MR) is 131 cm³/mol. The largest absolute Gasteiger partial charge is 0.466 e. The van der Waals surface area contributed by atoms with Crippen molar-refractivity contribution >= 4 is 5.97 Å². The van der Waals surface area contributed by atoms with Crippen LogP contribution >= 0.6 is 0 Å². The Bertz CT molecular complexity index is 1100. The molecular formula is C30H28O2. The summed E-state index contributed by atoms with van der Waals surface area (Å²) in [4.78, 5) is 12.4. The fraction of sp³-hybridized carbons (Fsp3) is 0.167. The van der Waals surface area contributed by atoms with Gasteiger partial charge in [0.15, 0.2) is 0 Å². The molecule has 0 amide bonds. The van der Waals surface area contributed by atoms with E-state index in [0.29, 0.717) is 19.4 Å². The van der Waals surface area contributed by atoms with E-state index in [1.807, 2.05) is 25.1 Å². The van der Waals surface area contributed by atoms with Gasteiger partial charge in [-0.05, 0) is 47.2 Å². The summed E-state index contributed by atoms with van der Waals surface area (Å²) < 4.78 is 5.30. The van der Waals surface area contributed by atoms with Crippen LogP contribution in [0.5, 0.6) is 0 Å². The van der Waals surface area contributed by atoms with E-state index < -0.39 is 5.41 Å². The van der Waals surface area contributed by atoms with Gasteiger partial charge in [-0.2, -0.15) is 0 Å². The van der Waals surface area contributed by atoms with E-state index in [0.717, 1.165) is 5.56 Å². The van der Waals surface area contributed by atoms with Crippen LogP contribution in [0.15, 0.2) is 115 Å². The first-order chi connectivity index (χ1) is 15.7. The lowest BCUT2D eigenvalue weighted by Crippen LogP contribution is -2.30. The Kier molecular flexibility index (Phi) is 6.81. The van der Waals surface area contributed by atoms with Gasteiger partial charge < -0.3 is 4.74 Å². The van der Waals surface area contributed by atoms with Crippen LogP contribution in [-0.2, 0) is 14.9 Å². The van der Waals surface area contributed by atoms with Gasteiger partial charge in [0.2, 0.25) is 0 Å². The average molecular weight is 421 g/mol. The molecule has 0 bridgehead atoms. The molecule has 0 saturated carbocycles. The standard InChI is InChI=1S/C30H28O2/c1-2-32-29(31)21-22-30(26-16-8-4-9-17-26,27-18-10-5-11-19-27)28-20-12-15-25(23-28)24-13-6-3-7-14-24/h3-20,23H,2,21-22H2,1H3.